The van der Waals surface area contributed by atoms with E-state index in [1.54, 1.807) is 12.1 Å². The number of rotatable bonds is 4. The van der Waals surface area contributed by atoms with Crippen LogP contribution in [0.15, 0.2) is 54.6 Å². The second-order valence-electron chi connectivity index (χ2n) is 4.32. The maximum absolute atomic E-state index is 12.1. The van der Waals surface area contributed by atoms with Crippen molar-refractivity contribution in [3.05, 3.63) is 60.2 Å². The van der Waals surface area contributed by atoms with Crippen LogP contribution in [0.3, 0.4) is 0 Å². The zero-order valence-corrected chi connectivity index (χ0v) is 12.2. The molecular weight excluding hydrogens is 293 g/mol. The van der Waals surface area contributed by atoms with Crippen LogP contribution in [-0.4, -0.2) is 9.88 Å². The molecule has 1 N–H and O–H groups in total. The lowest BCUT2D eigenvalue weighted by Gasteiger charge is -2.10. The van der Waals surface area contributed by atoms with Crippen LogP contribution in [0, 0.1) is 0 Å². The predicted molar refractivity (Wildman–Crippen MR) is 80.2 cm³/mol. The number of para-hydroxylation sites is 1. The maximum atomic E-state index is 12.1. The van der Waals surface area contributed by atoms with Crippen molar-refractivity contribution >= 4 is 29.1 Å². The Hall–Kier alpha value is -1.68. The molecule has 20 heavy (non-hydrogen) atoms. The van der Waals surface area contributed by atoms with E-state index >= 15 is 0 Å². The monoisotopic (exact) mass is 305 g/mol. The van der Waals surface area contributed by atoms with Gasteiger partial charge in [0.25, 0.3) is 5.19 Å². The summed E-state index contributed by atoms with van der Waals surface area (Å²) < 4.78 is 18.3. The van der Waals surface area contributed by atoms with Crippen LogP contribution in [0.2, 0.25) is 0 Å². The normalized spacial score (nSPS) is 14.1. The van der Waals surface area contributed by atoms with Gasteiger partial charge in [0, 0.05) is 0 Å². The van der Waals surface area contributed by atoms with Gasteiger partial charge in [-0.3, -0.25) is 0 Å². The van der Waals surface area contributed by atoms with Gasteiger partial charge in [0.1, 0.15) is 0 Å². The van der Waals surface area contributed by atoms with Crippen molar-refractivity contribution in [2.45, 2.75) is 6.16 Å². The molecule has 102 valence electrons. The number of hydrogen-bond acceptors (Lipinski definition) is 4. The molecule has 3 rings (SSSR count). The first-order chi connectivity index (χ1) is 9.62. The topological polar surface area (TPSA) is 59.4 Å². The molecule has 3 aromatic rings. The molecule has 0 saturated carbocycles. The van der Waals surface area contributed by atoms with Gasteiger partial charge in [-0.2, -0.15) is 0 Å². The van der Waals surface area contributed by atoms with Gasteiger partial charge in [-0.15, -0.1) is 0 Å². The number of fused-ring (bicyclic) bond motifs is 1. The summed E-state index contributed by atoms with van der Waals surface area (Å²) in [4.78, 5) is 14.2. The second-order valence-corrected chi connectivity index (χ2v) is 7.09. The number of nitrogens with zero attached hydrogens (tertiary/aromatic N) is 1. The van der Waals surface area contributed by atoms with E-state index in [1.165, 1.54) is 11.3 Å². The van der Waals surface area contributed by atoms with Crippen LogP contribution < -0.4 is 4.52 Å². The number of hydrogen-bond donors (Lipinski definition) is 1. The number of benzene rings is 2. The largest absolute Gasteiger partial charge is 0.396 e. The molecule has 0 aliphatic carbocycles. The molecule has 0 fully saturated rings. The minimum absolute atomic E-state index is 0.0240. The van der Waals surface area contributed by atoms with E-state index in [0.29, 0.717) is 0 Å². The zero-order chi connectivity index (χ0) is 14.0. The van der Waals surface area contributed by atoms with E-state index in [0.717, 1.165) is 15.8 Å². The molecule has 4 nitrogen and oxygen atoms in total. The summed E-state index contributed by atoms with van der Waals surface area (Å²) in [6, 6.07) is 16.6. The lowest BCUT2D eigenvalue weighted by atomic mass is 10.2. The Balaban J connectivity index is 1.80. The average Bonchev–Trinajstić information content (AvgIpc) is 2.80. The first kappa shape index (κ1) is 13.3. The Morgan fingerprint density at radius 1 is 1.10 bits per heavy atom. The highest BCUT2D eigenvalue weighted by molar-refractivity contribution is 7.52. The average molecular weight is 305 g/mol. The molecule has 1 atom stereocenters. The standard InChI is InChI=1S/C14H12NO3PS/c16-19(17,10-11-6-2-1-3-7-11)18-14-15-12-8-4-5-9-13(12)20-14/h1-9H,10H2,(H,16,17). The summed E-state index contributed by atoms with van der Waals surface area (Å²) in [5.41, 5.74) is 1.53. The predicted octanol–water partition coefficient (Wildman–Crippen LogP) is 4.06. The molecule has 1 unspecified atom stereocenters. The van der Waals surface area contributed by atoms with E-state index in [9.17, 15) is 9.46 Å². The Morgan fingerprint density at radius 3 is 2.55 bits per heavy atom. The zero-order valence-electron chi connectivity index (χ0n) is 10.5. The van der Waals surface area contributed by atoms with Gasteiger partial charge in [-0.05, 0) is 17.7 Å². The molecule has 1 aromatic heterocycles. The van der Waals surface area contributed by atoms with E-state index < -0.39 is 7.60 Å². The van der Waals surface area contributed by atoms with Gasteiger partial charge in [0.2, 0.25) is 0 Å². The highest BCUT2D eigenvalue weighted by Crippen LogP contribution is 2.47. The van der Waals surface area contributed by atoms with Crippen LogP contribution >= 0.6 is 18.9 Å². The van der Waals surface area contributed by atoms with E-state index in [1.807, 2.05) is 42.5 Å². The summed E-state index contributed by atoms with van der Waals surface area (Å²) in [5.74, 6) is 0. The molecule has 0 saturated heterocycles. The first-order valence-electron chi connectivity index (χ1n) is 6.03. The minimum Gasteiger partial charge on any atom is -0.396 e. The Bertz CT molecular complexity index is 739. The molecule has 6 heteroatoms. The molecule has 1 heterocycles. The van der Waals surface area contributed by atoms with Crippen LogP contribution in [0.4, 0.5) is 0 Å². The third-order valence-electron chi connectivity index (χ3n) is 2.72. The van der Waals surface area contributed by atoms with Crippen molar-refractivity contribution in [3.63, 3.8) is 0 Å². The van der Waals surface area contributed by atoms with Crippen molar-refractivity contribution in [3.8, 4) is 5.19 Å². The molecule has 0 aliphatic heterocycles. The SMILES string of the molecule is O=P(O)(Cc1ccccc1)Oc1nc2ccccc2s1. The fraction of sp³-hybridized carbons (Fsp3) is 0.0714. The number of thiazole rings is 1. The molecule has 0 spiro atoms. The highest BCUT2D eigenvalue weighted by Gasteiger charge is 2.23. The highest BCUT2D eigenvalue weighted by atomic mass is 32.1. The summed E-state index contributed by atoms with van der Waals surface area (Å²) in [7, 11) is -3.74. The van der Waals surface area contributed by atoms with Gasteiger partial charge in [0.15, 0.2) is 0 Å². The lowest BCUT2D eigenvalue weighted by molar-refractivity contribution is 0.378. The van der Waals surface area contributed by atoms with Crippen LogP contribution in [0.25, 0.3) is 10.2 Å². The first-order valence-corrected chi connectivity index (χ1v) is 8.61. The minimum atomic E-state index is -3.74. The Labute approximate surface area is 120 Å². The summed E-state index contributed by atoms with van der Waals surface area (Å²) in [5, 5.41) is 0.230. The smallest absolute Gasteiger partial charge is 0.382 e. The molecule has 2 aromatic carbocycles. The third kappa shape index (κ3) is 3.07. The van der Waals surface area contributed by atoms with E-state index in [4.69, 9.17) is 4.52 Å². The molecule has 0 bridgehead atoms. The fourth-order valence-corrected chi connectivity index (χ4v) is 4.08. The third-order valence-corrected chi connectivity index (χ3v) is 4.98. The maximum Gasteiger partial charge on any atom is 0.382 e. The van der Waals surface area contributed by atoms with Gasteiger partial charge in [-0.1, -0.05) is 53.8 Å². The van der Waals surface area contributed by atoms with Crippen LogP contribution in [-0.2, 0) is 10.7 Å². The summed E-state index contributed by atoms with van der Waals surface area (Å²) in [6.07, 6.45) is -0.0240. The Morgan fingerprint density at radius 2 is 1.80 bits per heavy atom. The van der Waals surface area contributed by atoms with Gasteiger partial charge >= 0.3 is 7.60 Å². The van der Waals surface area contributed by atoms with E-state index in [2.05, 4.69) is 4.98 Å². The molecular formula is C14H12NO3PS. The van der Waals surface area contributed by atoms with Crippen molar-refractivity contribution in [2.75, 3.05) is 0 Å². The van der Waals surface area contributed by atoms with E-state index in [-0.39, 0.29) is 11.4 Å². The van der Waals surface area contributed by atoms with Crippen molar-refractivity contribution in [1.29, 1.82) is 0 Å². The van der Waals surface area contributed by atoms with Crippen LogP contribution in [0.5, 0.6) is 5.19 Å². The molecule has 0 radical (unpaired) electrons. The van der Waals surface area contributed by atoms with Gasteiger partial charge in [0.05, 0.1) is 16.4 Å². The summed E-state index contributed by atoms with van der Waals surface area (Å²) >= 11 is 1.27. The quantitative estimate of drug-likeness (QED) is 0.738. The Kier molecular flexibility index (Phi) is 3.57. The lowest BCUT2D eigenvalue weighted by Crippen LogP contribution is -1.95. The fourth-order valence-electron chi connectivity index (χ4n) is 1.86. The van der Waals surface area contributed by atoms with Crippen molar-refractivity contribution in [1.82, 2.24) is 4.98 Å². The summed E-state index contributed by atoms with van der Waals surface area (Å²) in [6.45, 7) is 0. The van der Waals surface area contributed by atoms with Gasteiger partial charge in [-0.25, -0.2) is 9.55 Å². The van der Waals surface area contributed by atoms with Crippen molar-refractivity contribution in [2.24, 2.45) is 0 Å². The molecule has 0 amide bonds. The number of aromatic nitrogens is 1. The second kappa shape index (κ2) is 5.37. The van der Waals surface area contributed by atoms with Crippen LogP contribution in [0.1, 0.15) is 5.56 Å². The van der Waals surface area contributed by atoms with Gasteiger partial charge < -0.3 is 9.42 Å². The molecule has 0 aliphatic rings. The van der Waals surface area contributed by atoms with Crippen molar-refractivity contribution < 1.29 is 14.0 Å².